The Labute approximate surface area is 85.4 Å². The van der Waals surface area contributed by atoms with E-state index in [9.17, 15) is 4.79 Å². The number of likely N-dealkylation sites (N-methyl/N-ethyl adjacent to an activating group) is 1. The average molecular weight is 200 g/mol. The fourth-order valence-electron chi connectivity index (χ4n) is 1.73. The first kappa shape index (κ1) is 11.5. The Hall–Kier alpha value is -0.610. The zero-order chi connectivity index (χ0) is 10.6. The number of rotatable bonds is 5. The van der Waals surface area contributed by atoms with Gasteiger partial charge in [0.15, 0.2) is 0 Å². The van der Waals surface area contributed by atoms with Gasteiger partial charge in [0.1, 0.15) is 6.61 Å². The van der Waals surface area contributed by atoms with Crippen molar-refractivity contribution in [3.63, 3.8) is 0 Å². The lowest BCUT2D eigenvalue weighted by molar-refractivity contribution is -0.135. The molecule has 0 atom stereocenters. The molecular weight excluding hydrogens is 180 g/mol. The summed E-state index contributed by atoms with van der Waals surface area (Å²) in [4.78, 5) is 13.2. The predicted molar refractivity (Wildman–Crippen MR) is 54.8 cm³/mol. The monoisotopic (exact) mass is 200 g/mol. The molecule has 1 aliphatic rings. The first-order valence-electron chi connectivity index (χ1n) is 5.20. The quantitative estimate of drug-likeness (QED) is 0.690. The second-order valence-electron chi connectivity index (χ2n) is 4.01. The van der Waals surface area contributed by atoms with E-state index in [0.29, 0.717) is 18.6 Å². The van der Waals surface area contributed by atoms with E-state index >= 15 is 0 Å². The molecule has 0 bridgehead atoms. The molecule has 14 heavy (non-hydrogen) atoms. The number of carbonyl (C=O) groups is 1. The number of nitrogens with zero attached hydrogens (tertiary/aromatic N) is 1. The lowest BCUT2D eigenvalue weighted by Gasteiger charge is -2.35. The highest BCUT2D eigenvalue weighted by Crippen LogP contribution is 2.25. The van der Waals surface area contributed by atoms with Gasteiger partial charge in [-0.25, -0.2) is 0 Å². The summed E-state index contributed by atoms with van der Waals surface area (Å²) >= 11 is 0. The summed E-state index contributed by atoms with van der Waals surface area (Å²) in [7, 11) is 1.82. The molecule has 0 saturated heterocycles. The van der Waals surface area contributed by atoms with Crippen molar-refractivity contribution in [2.24, 2.45) is 11.7 Å². The van der Waals surface area contributed by atoms with E-state index in [1.165, 1.54) is 0 Å². The molecule has 2 N–H and O–H groups in total. The van der Waals surface area contributed by atoms with Crippen molar-refractivity contribution in [3.8, 4) is 0 Å². The molecule has 0 heterocycles. The summed E-state index contributed by atoms with van der Waals surface area (Å²) in [5.74, 6) is 0.660. The fourth-order valence-corrected chi connectivity index (χ4v) is 1.73. The normalized spacial score (nSPS) is 25.6. The van der Waals surface area contributed by atoms with E-state index in [0.717, 1.165) is 19.4 Å². The summed E-state index contributed by atoms with van der Waals surface area (Å²) in [6.45, 7) is 3.50. The van der Waals surface area contributed by atoms with Gasteiger partial charge in [0, 0.05) is 26.2 Å². The Morgan fingerprint density at radius 3 is 2.71 bits per heavy atom. The number of hydrogen-bond acceptors (Lipinski definition) is 3. The number of ether oxygens (including phenoxy) is 1. The van der Waals surface area contributed by atoms with Crippen LogP contribution in [0.1, 0.15) is 19.8 Å². The van der Waals surface area contributed by atoms with Gasteiger partial charge in [0.05, 0.1) is 0 Å². The van der Waals surface area contributed by atoms with Crippen LogP contribution in [-0.2, 0) is 9.53 Å². The van der Waals surface area contributed by atoms with Crippen molar-refractivity contribution in [1.29, 1.82) is 0 Å². The standard InChI is InChI=1S/C10H20N2O2/c1-3-14-7-10(13)12(2)6-8-4-9(11)5-8/h8-9H,3-7,11H2,1-2H3. The Kier molecular flexibility index (Phi) is 4.35. The van der Waals surface area contributed by atoms with Gasteiger partial charge in [-0.3, -0.25) is 4.79 Å². The molecule has 0 aromatic heterocycles. The summed E-state index contributed by atoms with van der Waals surface area (Å²) in [6.07, 6.45) is 2.10. The molecule has 1 saturated carbocycles. The van der Waals surface area contributed by atoms with Crippen LogP contribution in [0, 0.1) is 5.92 Å². The fraction of sp³-hybridized carbons (Fsp3) is 0.900. The molecule has 1 amide bonds. The van der Waals surface area contributed by atoms with E-state index in [-0.39, 0.29) is 12.5 Å². The largest absolute Gasteiger partial charge is 0.372 e. The van der Waals surface area contributed by atoms with Crippen LogP contribution in [0.4, 0.5) is 0 Å². The number of nitrogens with two attached hydrogens (primary N) is 1. The van der Waals surface area contributed by atoms with Gasteiger partial charge in [-0.1, -0.05) is 0 Å². The van der Waals surface area contributed by atoms with E-state index in [1.54, 1.807) is 4.90 Å². The van der Waals surface area contributed by atoms with Gasteiger partial charge < -0.3 is 15.4 Å². The number of carbonyl (C=O) groups excluding carboxylic acids is 1. The van der Waals surface area contributed by atoms with Crippen LogP contribution >= 0.6 is 0 Å². The summed E-state index contributed by atoms with van der Waals surface area (Å²) < 4.78 is 5.05. The van der Waals surface area contributed by atoms with Crippen LogP contribution in [0.15, 0.2) is 0 Å². The zero-order valence-corrected chi connectivity index (χ0v) is 9.03. The third-order valence-electron chi connectivity index (χ3n) is 2.66. The van der Waals surface area contributed by atoms with E-state index in [2.05, 4.69) is 0 Å². The second-order valence-corrected chi connectivity index (χ2v) is 4.01. The molecule has 1 rings (SSSR count). The molecule has 82 valence electrons. The molecule has 0 spiro atoms. The Balaban J connectivity index is 2.14. The van der Waals surface area contributed by atoms with Crippen LogP contribution in [0.25, 0.3) is 0 Å². The molecule has 4 nitrogen and oxygen atoms in total. The molecule has 0 aromatic carbocycles. The maximum Gasteiger partial charge on any atom is 0.248 e. The molecule has 0 aromatic rings. The van der Waals surface area contributed by atoms with Crippen molar-refractivity contribution < 1.29 is 9.53 Å². The van der Waals surface area contributed by atoms with Crippen molar-refractivity contribution >= 4 is 5.91 Å². The van der Waals surface area contributed by atoms with Gasteiger partial charge in [-0.05, 0) is 25.7 Å². The third kappa shape index (κ3) is 3.27. The highest BCUT2D eigenvalue weighted by Gasteiger charge is 2.27. The van der Waals surface area contributed by atoms with Gasteiger partial charge >= 0.3 is 0 Å². The van der Waals surface area contributed by atoms with E-state index in [4.69, 9.17) is 10.5 Å². The Morgan fingerprint density at radius 2 is 2.21 bits per heavy atom. The summed E-state index contributed by atoms with van der Waals surface area (Å²) in [5, 5.41) is 0. The van der Waals surface area contributed by atoms with Gasteiger partial charge in [0.25, 0.3) is 0 Å². The Bertz CT molecular complexity index is 191. The van der Waals surface area contributed by atoms with Gasteiger partial charge in [-0.15, -0.1) is 0 Å². The van der Waals surface area contributed by atoms with E-state index in [1.807, 2.05) is 14.0 Å². The maximum atomic E-state index is 11.4. The third-order valence-corrected chi connectivity index (χ3v) is 2.66. The molecule has 1 fully saturated rings. The molecule has 0 unspecified atom stereocenters. The topological polar surface area (TPSA) is 55.6 Å². The summed E-state index contributed by atoms with van der Waals surface area (Å²) in [5.41, 5.74) is 5.67. The van der Waals surface area contributed by atoms with Crippen LogP contribution in [0.3, 0.4) is 0 Å². The van der Waals surface area contributed by atoms with Crippen LogP contribution in [0.2, 0.25) is 0 Å². The molecule has 1 aliphatic carbocycles. The molecule has 4 heteroatoms. The minimum Gasteiger partial charge on any atom is -0.372 e. The Morgan fingerprint density at radius 1 is 1.57 bits per heavy atom. The van der Waals surface area contributed by atoms with Gasteiger partial charge in [-0.2, -0.15) is 0 Å². The van der Waals surface area contributed by atoms with Crippen molar-refractivity contribution in [3.05, 3.63) is 0 Å². The predicted octanol–water partition coefficient (Wildman–Crippen LogP) is 0.219. The lowest BCUT2D eigenvalue weighted by atomic mass is 9.80. The van der Waals surface area contributed by atoms with Crippen LogP contribution in [0.5, 0.6) is 0 Å². The highest BCUT2D eigenvalue weighted by atomic mass is 16.5. The van der Waals surface area contributed by atoms with Crippen molar-refractivity contribution in [1.82, 2.24) is 4.90 Å². The van der Waals surface area contributed by atoms with Crippen molar-refractivity contribution in [2.45, 2.75) is 25.8 Å². The van der Waals surface area contributed by atoms with Crippen molar-refractivity contribution in [2.75, 3.05) is 26.8 Å². The average Bonchev–Trinajstić information content (AvgIpc) is 2.11. The minimum absolute atomic E-state index is 0.0623. The lowest BCUT2D eigenvalue weighted by Crippen LogP contribution is -2.44. The number of amides is 1. The van der Waals surface area contributed by atoms with Crippen LogP contribution < -0.4 is 5.73 Å². The maximum absolute atomic E-state index is 11.4. The minimum atomic E-state index is 0.0623. The van der Waals surface area contributed by atoms with Gasteiger partial charge in [0.2, 0.25) is 5.91 Å². The molecule has 0 radical (unpaired) electrons. The summed E-state index contributed by atoms with van der Waals surface area (Å²) in [6, 6.07) is 0.357. The molecular formula is C10H20N2O2. The highest BCUT2D eigenvalue weighted by molar-refractivity contribution is 5.77. The number of hydrogen-bond donors (Lipinski definition) is 1. The van der Waals surface area contributed by atoms with E-state index < -0.39 is 0 Å². The first-order valence-corrected chi connectivity index (χ1v) is 5.20. The first-order chi connectivity index (χ1) is 6.63. The SMILES string of the molecule is CCOCC(=O)N(C)CC1CC(N)C1. The van der Waals surface area contributed by atoms with Crippen LogP contribution in [-0.4, -0.2) is 43.7 Å². The zero-order valence-electron chi connectivity index (χ0n) is 9.03. The second kappa shape index (κ2) is 5.32. The molecule has 0 aliphatic heterocycles. The smallest absolute Gasteiger partial charge is 0.248 e.